The van der Waals surface area contributed by atoms with Gasteiger partial charge < -0.3 is 5.32 Å². The van der Waals surface area contributed by atoms with Gasteiger partial charge in [0.15, 0.2) is 0 Å². The van der Waals surface area contributed by atoms with Gasteiger partial charge in [-0.2, -0.15) is 5.10 Å². The van der Waals surface area contributed by atoms with Crippen molar-refractivity contribution in [3.05, 3.63) is 59.9 Å². The van der Waals surface area contributed by atoms with Crippen molar-refractivity contribution in [2.45, 2.75) is 19.8 Å². The van der Waals surface area contributed by atoms with Gasteiger partial charge in [-0.1, -0.05) is 25.1 Å². The Bertz CT molecular complexity index is 717. The van der Waals surface area contributed by atoms with Crippen LogP contribution in [0.25, 0.3) is 10.9 Å². The number of benzene rings is 1. The van der Waals surface area contributed by atoms with Crippen LogP contribution >= 0.6 is 0 Å². The summed E-state index contributed by atoms with van der Waals surface area (Å²) in [4.78, 5) is 4.39. The molecule has 0 aliphatic carbocycles. The first-order valence-corrected chi connectivity index (χ1v) is 7.26. The van der Waals surface area contributed by atoms with Crippen LogP contribution in [0.5, 0.6) is 0 Å². The molecule has 21 heavy (non-hydrogen) atoms. The highest BCUT2D eigenvalue weighted by Gasteiger charge is 2.04. The summed E-state index contributed by atoms with van der Waals surface area (Å²) >= 11 is 0. The smallest absolute Gasteiger partial charge is 0.148 e. The Hall–Kier alpha value is -2.49. The molecule has 1 N–H and O–H groups in total. The van der Waals surface area contributed by atoms with Crippen LogP contribution in [0.1, 0.15) is 24.6 Å². The van der Waals surface area contributed by atoms with E-state index in [9.17, 15) is 0 Å². The number of rotatable bonds is 5. The van der Waals surface area contributed by atoms with E-state index >= 15 is 0 Å². The molecule has 0 aliphatic heterocycles. The Kier molecular flexibility index (Phi) is 4.05. The highest BCUT2D eigenvalue weighted by Crippen LogP contribution is 2.18. The highest BCUT2D eigenvalue weighted by molar-refractivity contribution is 5.82. The van der Waals surface area contributed by atoms with Crippen molar-refractivity contribution in [1.29, 1.82) is 0 Å². The molecule has 2 aromatic heterocycles. The van der Waals surface area contributed by atoms with Gasteiger partial charge >= 0.3 is 0 Å². The van der Waals surface area contributed by atoms with Crippen LogP contribution in [0, 0.1) is 0 Å². The molecule has 3 rings (SSSR count). The van der Waals surface area contributed by atoms with Crippen LogP contribution < -0.4 is 5.32 Å². The van der Waals surface area contributed by atoms with E-state index < -0.39 is 0 Å². The van der Waals surface area contributed by atoms with Gasteiger partial charge in [0.2, 0.25) is 0 Å². The van der Waals surface area contributed by atoms with E-state index in [0.717, 1.165) is 36.4 Å². The lowest BCUT2D eigenvalue weighted by atomic mass is 10.0. The Balaban J connectivity index is 1.82. The standard InChI is InChI=1S/C17H18N4/c1-2-10-19-17-8-7-14(20-21-17)12-13-9-11-18-16-6-4-3-5-15(13)16/h3-9,11H,2,10,12H2,1H3,(H,19,21). The third-order valence-corrected chi connectivity index (χ3v) is 3.39. The SMILES string of the molecule is CCCNc1ccc(Cc2ccnc3ccccc23)nn1. The van der Waals surface area contributed by atoms with Gasteiger partial charge in [-0.25, -0.2) is 0 Å². The maximum Gasteiger partial charge on any atom is 0.148 e. The second kappa shape index (κ2) is 6.31. The fourth-order valence-electron chi connectivity index (χ4n) is 2.31. The number of nitrogens with one attached hydrogen (secondary N) is 1. The van der Waals surface area contributed by atoms with Crippen molar-refractivity contribution in [3.63, 3.8) is 0 Å². The first-order valence-electron chi connectivity index (χ1n) is 7.26. The minimum atomic E-state index is 0.768. The Morgan fingerprint density at radius 2 is 1.90 bits per heavy atom. The van der Waals surface area contributed by atoms with E-state index in [1.807, 2.05) is 42.6 Å². The largest absolute Gasteiger partial charge is 0.369 e. The molecule has 0 fully saturated rings. The average Bonchev–Trinajstić information content (AvgIpc) is 2.55. The quantitative estimate of drug-likeness (QED) is 0.776. The van der Waals surface area contributed by atoms with E-state index in [4.69, 9.17) is 0 Å². The number of pyridine rings is 1. The molecule has 0 unspecified atom stereocenters. The molecule has 0 aliphatic rings. The zero-order valence-electron chi connectivity index (χ0n) is 12.1. The predicted octanol–water partition coefficient (Wildman–Crippen LogP) is 3.44. The second-order valence-electron chi connectivity index (χ2n) is 5.00. The molecule has 0 spiro atoms. The van der Waals surface area contributed by atoms with Crippen molar-refractivity contribution in [2.75, 3.05) is 11.9 Å². The predicted molar refractivity (Wildman–Crippen MR) is 85.4 cm³/mol. The number of aromatic nitrogens is 3. The van der Waals surface area contributed by atoms with E-state index in [0.29, 0.717) is 0 Å². The Labute approximate surface area is 124 Å². The molecule has 106 valence electrons. The average molecular weight is 278 g/mol. The zero-order valence-corrected chi connectivity index (χ0v) is 12.1. The third-order valence-electron chi connectivity index (χ3n) is 3.39. The Morgan fingerprint density at radius 1 is 1.00 bits per heavy atom. The van der Waals surface area contributed by atoms with E-state index in [2.05, 4.69) is 33.5 Å². The molecule has 2 heterocycles. The lowest BCUT2D eigenvalue weighted by Gasteiger charge is -2.06. The van der Waals surface area contributed by atoms with Crippen LogP contribution in [0.15, 0.2) is 48.7 Å². The molecule has 0 saturated carbocycles. The molecule has 0 bridgehead atoms. The van der Waals surface area contributed by atoms with E-state index in [1.54, 1.807) is 0 Å². The molecular formula is C17H18N4. The van der Waals surface area contributed by atoms with Crippen molar-refractivity contribution in [1.82, 2.24) is 15.2 Å². The second-order valence-corrected chi connectivity index (χ2v) is 5.00. The summed E-state index contributed by atoms with van der Waals surface area (Å²) in [6.07, 6.45) is 3.69. The molecule has 4 nitrogen and oxygen atoms in total. The van der Waals surface area contributed by atoms with E-state index in [1.165, 1.54) is 10.9 Å². The molecular weight excluding hydrogens is 260 g/mol. The molecule has 0 saturated heterocycles. The lowest BCUT2D eigenvalue weighted by Crippen LogP contribution is -2.04. The number of hydrogen-bond donors (Lipinski definition) is 1. The number of nitrogens with zero attached hydrogens (tertiary/aromatic N) is 3. The summed E-state index contributed by atoms with van der Waals surface area (Å²) in [6.45, 7) is 3.05. The normalized spacial score (nSPS) is 10.7. The summed E-state index contributed by atoms with van der Waals surface area (Å²) in [5.74, 6) is 0.834. The molecule has 0 amide bonds. The topological polar surface area (TPSA) is 50.7 Å². The summed E-state index contributed by atoms with van der Waals surface area (Å²) in [7, 11) is 0. The molecule has 4 heteroatoms. The number of hydrogen-bond acceptors (Lipinski definition) is 4. The number of anilines is 1. The maximum absolute atomic E-state index is 4.39. The van der Waals surface area contributed by atoms with Crippen LogP contribution in [0.3, 0.4) is 0 Å². The van der Waals surface area contributed by atoms with Crippen molar-refractivity contribution in [2.24, 2.45) is 0 Å². The van der Waals surface area contributed by atoms with Gasteiger partial charge in [-0.05, 0) is 36.2 Å². The van der Waals surface area contributed by atoms with E-state index in [-0.39, 0.29) is 0 Å². The fourth-order valence-corrected chi connectivity index (χ4v) is 2.31. The van der Waals surface area contributed by atoms with Crippen molar-refractivity contribution < 1.29 is 0 Å². The zero-order chi connectivity index (χ0) is 14.5. The van der Waals surface area contributed by atoms with Gasteiger partial charge in [-0.15, -0.1) is 5.10 Å². The summed E-state index contributed by atoms with van der Waals surface area (Å²) in [5, 5.41) is 12.9. The molecule has 0 atom stereocenters. The van der Waals surface area contributed by atoms with Gasteiger partial charge in [-0.3, -0.25) is 4.98 Å². The molecule has 1 aromatic carbocycles. The van der Waals surface area contributed by atoms with Crippen LogP contribution in [0.2, 0.25) is 0 Å². The highest BCUT2D eigenvalue weighted by atomic mass is 15.2. The number of para-hydroxylation sites is 1. The van der Waals surface area contributed by atoms with Gasteiger partial charge in [0, 0.05) is 24.5 Å². The summed E-state index contributed by atoms with van der Waals surface area (Å²) < 4.78 is 0. The molecule has 3 aromatic rings. The Morgan fingerprint density at radius 3 is 2.71 bits per heavy atom. The van der Waals surface area contributed by atoms with Crippen molar-refractivity contribution >= 4 is 16.7 Å². The monoisotopic (exact) mass is 278 g/mol. The minimum Gasteiger partial charge on any atom is -0.369 e. The van der Waals surface area contributed by atoms with Crippen LogP contribution in [-0.4, -0.2) is 21.7 Å². The lowest BCUT2D eigenvalue weighted by molar-refractivity contribution is 0.911. The summed E-state index contributed by atoms with van der Waals surface area (Å²) in [5.41, 5.74) is 3.21. The maximum atomic E-state index is 4.39. The summed E-state index contributed by atoms with van der Waals surface area (Å²) in [6, 6.07) is 14.2. The molecule has 0 radical (unpaired) electrons. The first kappa shape index (κ1) is 13.5. The minimum absolute atomic E-state index is 0.768. The third kappa shape index (κ3) is 3.16. The van der Waals surface area contributed by atoms with Gasteiger partial charge in [0.05, 0.1) is 11.2 Å². The fraction of sp³-hybridized carbons (Fsp3) is 0.235. The van der Waals surface area contributed by atoms with Gasteiger partial charge in [0.1, 0.15) is 5.82 Å². The van der Waals surface area contributed by atoms with Gasteiger partial charge in [0.25, 0.3) is 0 Å². The van der Waals surface area contributed by atoms with Crippen LogP contribution in [-0.2, 0) is 6.42 Å². The van der Waals surface area contributed by atoms with Crippen molar-refractivity contribution in [3.8, 4) is 0 Å². The first-order chi connectivity index (χ1) is 10.4. The van der Waals surface area contributed by atoms with Crippen LogP contribution in [0.4, 0.5) is 5.82 Å². The number of fused-ring (bicyclic) bond motifs is 1.